The first kappa shape index (κ1) is 12.7. The first-order chi connectivity index (χ1) is 9.78. The number of benzene rings is 1. The second-order valence-electron chi connectivity index (χ2n) is 4.46. The Morgan fingerprint density at radius 1 is 1.10 bits per heavy atom. The Morgan fingerprint density at radius 2 is 2.00 bits per heavy atom. The molecule has 1 aromatic carbocycles. The van der Waals surface area contributed by atoms with Crippen molar-refractivity contribution in [1.82, 2.24) is 15.4 Å². The molecule has 3 rings (SSSR count). The normalized spacial score (nSPS) is 12.5. The van der Waals surface area contributed by atoms with Crippen molar-refractivity contribution in [3.05, 3.63) is 71.9 Å². The summed E-state index contributed by atoms with van der Waals surface area (Å²) in [7, 11) is 0. The van der Waals surface area contributed by atoms with E-state index in [1.54, 1.807) is 12.3 Å². The fourth-order valence-corrected chi connectivity index (χ4v) is 2.17. The van der Waals surface area contributed by atoms with Gasteiger partial charge in [0.15, 0.2) is 0 Å². The molecule has 1 unspecified atom stereocenters. The van der Waals surface area contributed by atoms with Crippen molar-refractivity contribution in [2.45, 2.75) is 6.04 Å². The highest BCUT2D eigenvalue weighted by Crippen LogP contribution is 2.23. The molecule has 0 fully saturated rings. The molecule has 2 heterocycles. The quantitative estimate of drug-likeness (QED) is 0.565. The van der Waals surface area contributed by atoms with Crippen molar-refractivity contribution < 1.29 is 4.39 Å². The molecule has 0 aliphatic carbocycles. The Morgan fingerprint density at radius 3 is 2.75 bits per heavy atom. The maximum absolute atomic E-state index is 12.9. The minimum Gasteiger partial charge on any atom is -0.271 e. The number of hydrogen-bond donors (Lipinski definition) is 2. The van der Waals surface area contributed by atoms with E-state index in [1.165, 1.54) is 12.3 Å². The van der Waals surface area contributed by atoms with Crippen LogP contribution in [-0.2, 0) is 0 Å². The third-order valence-electron chi connectivity index (χ3n) is 3.18. The van der Waals surface area contributed by atoms with E-state index in [-0.39, 0.29) is 11.9 Å². The van der Waals surface area contributed by atoms with Crippen LogP contribution in [0.4, 0.5) is 4.39 Å². The topological polar surface area (TPSA) is 63.8 Å². The van der Waals surface area contributed by atoms with Crippen molar-refractivity contribution in [3.63, 3.8) is 0 Å². The van der Waals surface area contributed by atoms with Crippen molar-refractivity contribution in [2.75, 3.05) is 0 Å². The molecular formula is C15H13FN4. The summed E-state index contributed by atoms with van der Waals surface area (Å²) in [5.74, 6) is 5.24. The van der Waals surface area contributed by atoms with Gasteiger partial charge in [-0.25, -0.2) is 9.82 Å². The molecule has 2 aromatic heterocycles. The summed E-state index contributed by atoms with van der Waals surface area (Å²) in [5.41, 5.74) is 5.17. The van der Waals surface area contributed by atoms with Gasteiger partial charge in [-0.1, -0.05) is 18.2 Å². The van der Waals surface area contributed by atoms with Gasteiger partial charge in [-0.05, 0) is 29.8 Å². The summed E-state index contributed by atoms with van der Waals surface area (Å²) in [5, 5.41) is 1.05. The molecule has 20 heavy (non-hydrogen) atoms. The highest BCUT2D eigenvalue weighted by Gasteiger charge is 2.14. The van der Waals surface area contributed by atoms with Gasteiger partial charge in [0.05, 0.1) is 23.4 Å². The lowest BCUT2D eigenvalue weighted by Gasteiger charge is -2.16. The molecule has 3 N–H and O–H groups in total. The van der Waals surface area contributed by atoms with Gasteiger partial charge in [-0.15, -0.1) is 0 Å². The largest absolute Gasteiger partial charge is 0.271 e. The van der Waals surface area contributed by atoms with Gasteiger partial charge in [-0.3, -0.25) is 15.8 Å². The average molecular weight is 268 g/mol. The molecule has 5 heteroatoms. The maximum atomic E-state index is 12.9. The van der Waals surface area contributed by atoms with E-state index in [0.29, 0.717) is 5.69 Å². The van der Waals surface area contributed by atoms with Gasteiger partial charge < -0.3 is 0 Å². The Labute approximate surface area is 115 Å². The van der Waals surface area contributed by atoms with E-state index in [4.69, 9.17) is 5.84 Å². The lowest BCUT2D eigenvalue weighted by Crippen LogP contribution is -2.29. The van der Waals surface area contributed by atoms with Crippen LogP contribution in [0, 0.1) is 5.82 Å². The fraction of sp³-hybridized carbons (Fsp3) is 0.0667. The molecule has 100 valence electrons. The zero-order valence-electron chi connectivity index (χ0n) is 10.6. The summed E-state index contributed by atoms with van der Waals surface area (Å²) >= 11 is 0. The summed E-state index contributed by atoms with van der Waals surface area (Å²) in [6, 6.07) is 12.4. The number of hydrogen-bond acceptors (Lipinski definition) is 4. The van der Waals surface area contributed by atoms with E-state index < -0.39 is 0 Å². The predicted octanol–water partition coefficient (Wildman–Crippen LogP) is 2.32. The fourth-order valence-electron chi connectivity index (χ4n) is 2.17. The van der Waals surface area contributed by atoms with E-state index in [9.17, 15) is 4.39 Å². The molecule has 0 aliphatic heterocycles. The first-order valence-corrected chi connectivity index (χ1v) is 6.20. The van der Waals surface area contributed by atoms with Crippen molar-refractivity contribution >= 4 is 10.9 Å². The highest BCUT2D eigenvalue weighted by atomic mass is 19.1. The number of halogens is 1. The standard InChI is InChI=1S/C15H13FN4/c16-12-5-6-13(19-9-12)15(20-17)11-4-3-10-2-1-7-18-14(10)8-11/h1-9,15,20H,17H2. The van der Waals surface area contributed by atoms with Crippen LogP contribution in [0.15, 0.2) is 54.9 Å². The molecule has 0 amide bonds. The molecule has 0 radical (unpaired) electrons. The molecule has 1 atom stereocenters. The number of nitrogens with zero attached hydrogens (tertiary/aromatic N) is 2. The van der Waals surface area contributed by atoms with E-state index >= 15 is 0 Å². The number of nitrogens with one attached hydrogen (secondary N) is 1. The first-order valence-electron chi connectivity index (χ1n) is 6.20. The molecule has 4 nitrogen and oxygen atoms in total. The van der Waals surface area contributed by atoms with Gasteiger partial charge in [0.25, 0.3) is 0 Å². The Balaban J connectivity index is 2.04. The average Bonchev–Trinajstić information content (AvgIpc) is 2.50. The Kier molecular flexibility index (Phi) is 3.37. The molecule has 0 bridgehead atoms. The van der Waals surface area contributed by atoms with Gasteiger partial charge >= 0.3 is 0 Å². The number of nitrogens with two attached hydrogens (primary N) is 1. The van der Waals surface area contributed by atoms with Gasteiger partial charge in [-0.2, -0.15) is 0 Å². The van der Waals surface area contributed by atoms with Crippen LogP contribution in [0.25, 0.3) is 10.9 Å². The second kappa shape index (κ2) is 5.32. The van der Waals surface area contributed by atoms with Crippen LogP contribution >= 0.6 is 0 Å². The smallest absolute Gasteiger partial charge is 0.141 e. The van der Waals surface area contributed by atoms with Crippen LogP contribution in [0.2, 0.25) is 0 Å². The number of fused-ring (bicyclic) bond motifs is 1. The predicted molar refractivity (Wildman–Crippen MR) is 75.1 cm³/mol. The lowest BCUT2D eigenvalue weighted by atomic mass is 10.0. The van der Waals surface area contributed by atoms with Crippen LogP contribution in [0.3, 0.4) is 0 Å². The van der Waals surface area contributed by atoms with Gasteiger partial charge in [0.1, 0.15) is 5.82 Å². The minimum absolute atomic E-state index is 0.304. The van der Waals surface area contributed by atoms with Crippen LogP contribution in [0.5, 0.6) is 0 Å². The summed E-state index contributed by atoms with van der Waals surface area (Å²) in [6.07, 6.45) is 2.92. The van der Waals surface area contributed by atoms with Gasteiger partial charge in [0.2, 0.25) is 0 Å². The molecule has 0 saturated carbocycles. The SMILES string of the molecule is NNC(c1ccc2cccnc2c1)c1ccc(F)cn1. The number of aromatic nitrogens is 2. The monoisotopic (exact) mass is 268 g/mol. The minimum atomic E-state index is -0.371. The van der Waals surface area contributed by atoms with E-state index in [1.807, 2.05) is 30.3 Å². The summed E-state index contributed by atoms with van der Waals surface area (Å²) in [4.78, 5) is 8.39. The highest BCUT2D eigenvalue weighted by molar-refractivity contribution is 5.79. The van der Waals surface area contributed by atoms with Crippen molar-refractivity contribution in [1.29, 1.82) is 0 Å². The molecule has 0 saturated heterocycles. The third kappa shape index (κ3) is 2.36. The van der Waals surface area contributed by atoms with Crippen LogP contribution in [-0.4, -0.2) is 9.97 Å². The Hall–Kier alpha value is -2.37. The zero-order chi connectivity index (χ0) is 13.9. The van der Waals surface area contributed by atoms with E-state index in [2.05, 4.69) is 15.4 Å². The van der Waals surface area contributed by atoms with Gasteiger partial charge in [0, 0.05) is 11.6 Å². The lowest BCUT2D eigenvalue weighted by molar-refractivity contribution is 0.597. The molecular weight excluding hydrogens is 255 g/mol. The third-order valence-corrected chi connectivity index (χ3v) is 3.18. The Bertz CT molecular complexity index is 727. The van der Waals surface area contributed by atoms with Crippen molar-refractivity contribution in [2.24, 2.45) is 5.84 Å². The van der Waals surface area contributed by atoms with Crippen LogP contribution in [0.1, 0.15) is 17.3 Å². The summed E-state index contributed by atoms with van der Waals surface area (Å²) in [6.45, 7) is 0. The summed E-state index contributed by atoms with van der Waals surface area (Å²) < 4.78 is 12.9. The maximum Gasteiger partial charge on any atom is 0.141 e. The number of rotatable bonds is 3. The molecule has 0 aliphatic rings. The van der Waals surface area contributed by atoms with Crippen LogP contribution < -0.4 is 11.3 Å². The number of hydrazine groups is 1. The second-order valence-corrected chi connectivity index (χ2v) is 4.46. The number of pyridine rings is 2. The molecule has 0 spiro atoms. The molecule has 3 aromatic rings. The van der Waals surface area contributed by atoms with Crippen molar-refractivity contribution in [3.8, 4) is 0 Å². The van der Waals surface area contributed by atoms with E-state index in [0.717, 1.165) is 16.5 Å². The zero-order valence-corrected chi connectivity index (χ0v) is 10.6.